The molecule has 1 aromatic heterocycles. The summed E-state index contributed by atoms with van der Waals surface area (Å²) in [6, 6.07) is 3.68. The number of hydrogen-bond acceptors (Lipinski definition) is 5. The highest BCUT2D eigenvalue weighted by atomic mass is 32.2. The quantitative estimate of drug-likeness (QED) is 0.799. The van der Waals surface area contributed by atoms with E-state index in [0.29, 0.717) is 32.4 Å². The Morgan fingerprint density at radius 2 is 1.84 bits per heavy atom. The average molecular weight is 368 g/mol. The summed E-state index contributed by atoms with van der Waals surface area (Å²) in [7, 11) is -3.10. The average Bonchev–Trinajstić information content (AvgIpc) is 2.53. The summed E-state index contributed by atoms with van der Waals surface area (Å²) in [4.78, 5) is 17.7. The summed E-state index contributed by atoms with van der Waals surface area (Å²) >= 11 is 0. The summed E-state index contributed by atoms with van der Waals surface area (Å²) in [6.07, 6.45) is 4.96. The van der Waals surface area contributed by atoms with E-state index in [9.17, 15) is 13.2 Å². The molecule has 0 unspecified atom stereocenters. The molecule has 1 fully saturated rings. The number of amides is 1. The third-order valence-electron chi connectivity index (χ3n) is 4.21. The van der Waals surface area contributed by atoms with E-state index in [1.807, 2.05) is 32.9 Å². The van der Waals surface area contributed by atoms with Gasteiger partial charge in [0.25, 0.3) is 0 Å². The second kappa shape index (κ2) is 8.17. The number of aryl methyl sites for hydroxylation is 1. The highest BCUT2D eigenvalue weighted by molar-refractivity contribution is 7.91. The number of hydrogen-bond donors (Lipinski definition) is 0. The second-order valence-electron chi connectivity index (χ2n) is 7.63. The molecule has 0 aliphatic carbocycles. The highest BCUT2D eigenvalue weighted by Gasteiger charge is 2.29. The van der Waals surface area contributed by atoms with E-state index in [1.165, 1.54) is 0 Å². The molecule has 0 spiro atoms. The van der Waals surface area contributed by atoms with Crippen LogP contribution in [0, 0.1) is 5.92 Å². The van der Waals surface area contributed by atoms with Crippen molar-refractivity contribution < 1.29 is 17.9 Å². The fraction of sp³-hybridized carbons (Fsp3) is 0.667. The van der Waals surface area contributed by atoms with E-state index in [1.54, 1.807) is 17.3 Å². The Bertz CT molecular complexity index is 660. The largest absolute Gasteiger partial charge is 0.444 e. The molecule has 0 saturated carbocycles. The van der Waals surface area contributed by atoms with Gasteiger partial charge in [-0.15, -0.1) is 0 Å². The minimum atomic E-state index is -3.10. The summed E-state index contributed by atoms with van der Waals surface area (Å²) < 4.78 is 30.1. The van der Waals surface area contributed by atoms with Crippen LogP contribution in [0.5, 0.6) is 0 Å². The number of carbonyl (C=O) groups is 1. The molecule has 0 N–H and O–H groups in total. The van der Waals surface area contributed by atoms with E-state index in [0.717, 1.165) is 5.56 Å². The van der Waals surface area contributed by atoms with Crippen LogP contribution in [0.2, 0.25) is 0 Å². The first-order valence-electron chi connectivity index (χ1n) is 8.72. The van der Waals surface area contributed by atoms with Crippen molar-refractivity contribution in [3.63, 3.8) is 0 Å². The second-order valence-corrected chi connectivity index (χ2v) is 9.86. The maximum atomic E-state index is 12.4. The van der Waals surface area contributed by atoms with Gasteiger partial charge in [-0.3, -0.25) is 4.98 Å². The lowest BCUT2D eigenvalue weighted by molar-refractivity contribution is 0.0191. The van der Waals surface area contributed by atoms with Crippen molar-refractivity contribution >= 4 is 15.9 Å². The monoisotopic (exact) mass is 368 g/mol. The lowest BCUT2D eigenvalue weighted by Gasteiger charge is -2.33. The van der Waals surface area contributed by atoms with E-state index in [-0.39, 0.29) is 23.5 Å². The highest BCUT2D eigenvalue weighted by Crippen LogP contribution is 2.21. The third kappa shape index (κ3) is 7.02. The molecule has 1 aromatic rings. The SMILES string of the molecule is CC(C)(C)OC(=O)N1CCC(CS(=O)(=O)CCc2ccncc2)CC1. The number of aromatic nitrogens is 1. The number of ether oxygens (including phenoxy) is 1. The minimum absolute atomic E-state index is 0.112. The van der Waals surface area contributed by atoms with Crippen molar-refractivity contribution in [2.24, 2.45) is 5.92 Å². The molecule has 6 nitrogen and oxygen atoms in total. The summed E-state index contributed by atoms with van der Waals surface area (Å²) in [5.74, 6) is 0.463. The summed E-state index contributed by atoms with van der Waals surface area (Å²) in [5, 5.41) is 0. The van der Waals surface area contributed by atoms with Gasteiger partial charge < -0.3 is 9.64 Å². The predicted molar refractivity (Wildman–Crippen MR) is 97.1 cm³/mol. The normalized spacial score (nSPS) is 16.7. The molecule has 0 aromatic carbocycles. The van der Waals surface area contributed by atoms with Crippen molar-refractivity contribution in [1.82, 2.24) is 9.88 Å². The van der Waals surface area contributed by atoms with E-state index >= 15 is 0 Å². The van der Waals surface area contributed by atoms with Crippen molar-refractivity contribution in [2.75, 3.05) is 24.6 Å². The lowest BCUT2D eigenvalue weighted by Crippen LogP contribution is -2.42. The Hall–Kier alpha value is -1.63. The fourth-order valence-electron chi connectivity index (χ4n) is 2.87. The van der Waals surface area contributed by atoms with Crippen LogP contribution in [0.4, 0.5) is 4.79 Å². The van der Waals surface area contributed by atoms with Crippen LogP contribution in [0.1, 0.15) is 39.2 Å². The molecule has 1 aliphatic rings. The Balaban J connectivity index is 1.78. The number of sulfone groups is 1. The number of pyridine rings is 1. The zero-order chi connectivity index (χ0) is 18.5. The van der Waals surface area contributed by atoms with Gasteiger partial charge >= 0.3 is 6.09 Å². The summed E-state index contributed by atoms with van der Waals surface area (Å²) in [5.41, 5.74) is 0.475. The maximum Gasteiger partial charge on any atom is 0.410 e. The Kier molecular flexibility index (Phi) is 6.43. The molecule has 1 amide bonds. The molecule has 0 radical (unpaired) electrons. The van der Waals surface area contributed by atoms with Gasteiger partial charge in [-0.2, -0.15) is 0 Å². The van der Waals surface area contributed by atoms with Gasteiger partial charge in [-0.25, -0.2) is 13.2 Å². The number of nitrogens with zero attached hydrogens (tertiary/aromatic N) is 2. The predicted octanol–water partition coefficient (Wildman–Crippen LogP) is 2.69. The molecule has 0 atom stereocenters. The molecular weight excluding hydrogens is 340 g/mol. The molecule has 1 aliphatic heterocycles. The van der Waals surface area contributed by atoms with Crippen LogP contribution in [-0.2, 0) is 21.0 Å². The topological polar surface area (TPSA) is 76.6 Å². The molecule has 2 rings (SSSR count). The number of rotatable bonds is 5. The van der Waals surface area contributed by atoms with Crippen LogP contribution in [-0.4, -0.2) is 54.6 Å². The number of piperidine rings is 1. The Labute approximate surface area is 150 Å². The van der Waals surface area contributed by atoms with Crippen LogP contribution in [0.25, 0.3) is 0 Å². The van der Waals surface area contributed by atoms with Crippen LogP contribution >= 0.6 is 0 Å². The van der Waals surface area contributed by atoms with E-state index in [4.69, 9.17) is 4.74 Å². The molecular formula is C18H28N2O4S. The summed E-state index contributed by atoms with van der Waals surface area (Å²) in [6.45, 7) is 6.63. The van der Waals surface area contributed by atoms with Gasteiger partial charge in [0.2, 0.25) is 0 Å². The van der Waals surface area contributed by atoms with E-state index in [2.05, 4.69) is 4.98 Å². The van der Waals surface area contributed by atoms with Gasteiger partial charge in [0, 0.05) is 25.5 Å². The molecule has 7 heteroatoms. The zero-order valence-corrected chi connectivity index (χ0v) is 16.1. The third-order valence-corrected chi connectivity index (χ3v) is 6.01. The van der Waals surface area contributed by atoms with Crippen molar-refractivity contribution in [1.29, 1.82) is 0 Å². The first-order valence-corrected chi connectivity index (χ1v) is 10.5. The van der Waals surface area contributed by atoms with Crippen LogP contribution in [0.15, 0.2) is 24.5 Å². The first kappa shape index (κ1) is 19.7. The molecule has 1 saturated heterocycles. The Morgan fingerprint density at radius 1 is 1.24 bits per heavy atom. The standard InChI is InChI=1S/C18H28N2O4S/c1-18(2,3)24-17(21)20-11-6-16(7-12-20)14-25(22,23)13-8-15-4-9-19-10-5-15/h4-5,9-10,16H,6-8,11-14H2,1-3H3. The Morgan fingerprint density at radius 3 is 2.40 bits per heavy atom. The van der Waals surface area contributed by atoms with Crippen LogP contribution in [0.3, 0.4) is 0 Å². The smallest absolute Gasteiger partial charge is 0.410 e. The number of carbonyl (C=O) groups excluding carboxylic acids is 1. The van der Waals surface area contributed by atoms with Gasteiger partial charge in [-0.1, -0.05) is 0 Å². The van der Waals surface area contributed by atoms with Gasteiger partial charge in [0.1, 0.15) is 5.60 Å². The van der Waals surface area contributed by atoms with Crippen LogP contribution < -0.4 is 0 Å². The minimum Gasteiger partial charge on any atom is -0.444 e. The lowest BCUT2D eigenvalue weighted by atomic mass is 9.99. The fourth-order valence-corrected chi connectivity index (χ4v) is 4.64. The zero-order valence-electron chi connectivity index (χ0n) is 15.3. The van der Waals surface area contributed by atoms with Crippen molar-refractivity contribution in [3.8, 4) is 0 Å². The van der Waals surface area contributed by atoms with Gasteiger partial charge in [0.05, 0.1) is 11.5 Å². The maximum absolute atomic E-state index is 12.4. The van der Waals surface area contributed by atoms with Gasteiger partial charge in [-0.05, 0) is 63.6 Å². The van der Waals surface area contributed by atoms with E-state index < -0.39 is 15.4 Å². The first-order chi connectivity index (χ1) is 11.6. The molecule has 2 heterocycles. The molecule has 140 valence electrons. The molecule has 25 heavy (non-hydrogen) atoms. The number of likely N-dealkylation sites (tertiary alicyclic amines) is 1. The molecule has 0 bridgehead atoms. The van der Waals surface area contributed by atoms with Crippen molar-refractivity contribution in [3.05, 3.63) is 30.1 Å². The van der Waals surface area contributed by atoms with Crippen molar-refractivity contribution in [2.45, 2.75) is 45.6 Å². The van der Waals surface area contributed by atoms with Gasteiger partial charge in [0.15, 0.2) is 9.84 Å².